The van der Waals surface area contributed by atoms with Gasteiger partial charge in [0.05, 0.1) is 0 Å². The molecule has 0 radical (unpaired) electrons. The van der Waals surface area contributed by atoms with Crippen LogP contribution in [0.2, 0.25) is 0 Å². The molecule has 0 unspecified atom stereocenters. The molecule has 2 aromatic carbocycles. The Labute approximate surface area is 171 Å². The number of carbonyl (C=O) groups excluding carboxylic acids is 2. The van der Waals surface area contributed by atoms with Crippen molar-refractivity contribution in [1.29, 1.82) is 0 Å². The van der Waals surface area contributed by atoms with E-state index in [4.69, 9.17) is 5.11 Å². The Morgan fingerprint density at radius 3 is 2.03 bits per heavy atom. The first-order valence-electron chi connectivity index (χ1n) is 9.18. The van der Waals surface area contributed by atoms with Gasteiger partial charge in [0.25, 0.3) is 11.5 Å². The number of hydrogen-bond acceptors (Lipinski definition) is 5. The molecular formula is C22H19N3O5. The average Bonchev–Trinajstić information content (AvgIpc) is 2.76. The zero-order valence-corrected chi connectivity index (χ0v) is 15.9. The van der Waals surface area contributed by atoms with E-state index in [1.54, 1.807) is 0 Å². The smallest absolute Gasteiger partial charge is 0.322 e. The van der Waals surface area contributed by atoms with Gasteiger partial charge in [0.1, 0.15) is 12.1 Å². The molecule has 1 amide bonds. The number of nitrogens with zero attached hydrogens (tertiary/aromatic N) is 1. The summed E-state index contributed by atoms with van der Waals surface area (Å²) in [5.74, 6) is -3.11. The lowest BCUT2D eigenvalue weighted by Gasteiger charge is -2.17. The third-order valence-electron chi connectivity index (χ3n) is 4.51. The summed E-state index contributed by atoms with van der Waals surface area (Å²) in [5, 5.41) is 10.7. The highest BCUT2D eigenvalue weighted by Gasteiger charge is 2.22. The van der Waals surface area contributed by atoms with E-state index in [1.165, 1.54) is 0 Å². The Morgan fingerprint density at radius 2 is 1.53 bits per heavy atom. The van der Waals surface area contributed by atoms with E-state index in [1.807, 2.05) is 60.7 Å². The summed E-state index contributed by atoms with van der Waals surface area (Å²) in [6, 6.07) is 19.0. The summed E-state index contributed by atoms with van der Waals surface area (Å²) in [6.07, 6.45) is 1.09. The number of hydrogen-bond donors (Lipinski definition) is 3. The van der Waals surface area contributed by atoms with Crippen molar-refractivity contribution in [3.05, 3.63) is 99.7 Å². The molecule has 8 nitrogen and oxygen atoms in total. The summed E-state index contributed by atoms with van der Waals surface area (Å²) in [5.41, 5.74) is 0.953. The van der Waals surface area contributed by atoms with Crippen molar-refractivity contribution < 1.29 is 19.5 Å². The quantitative estimate of drug-likeness (QED) is 0.492. The van der Waals surface area contributed by atoms with E-state index in [2.05, 4.69) is 15.3 Å². The highest BCUT2D eigenvalue weighted by atomic mass is 16.4. The molecule has 30 heavy (non-hydrogen) atoms. The minimum absolute atomic E-state index is 0.0450. The monoisotopic (exact) mass is 405 g/mol. The van der Waals surface area contributed by atoms with Crippen molar-refractivity contribution in [3.63, 3.8) is 0 Å². The number of carboxylic acid groups (broad SMARTS) is 1. The van der Waals surface area contributed by atoms with E-state index < -0.39 is 29.8 Å². The van der Waals surface area contributed by atoms with Crippen LogP contribution < -0.4 is 10.9 Å². The Hall–Kier alpha value is -4.07. The predicted octanol–water partition coefficient (Wildman–Crippen LogP) is 1.99. The number of Topliss-reactive ketones (excluding diaryl/α,β-unsaturated/α-hetero) is 1. The first kappa shape index (κ1) is 20.7. The molecule has 0 atom stereocenters. The number of aromatic nitrogens is 2. The second-order valence-electron chi connectivity index (χ2n) is 6.55. The molecule has 0 spiro atoms. The first-order valence-corrected chi connectivity index (χ1v) is 9.18. The molecule has 8 heteroatoms. The number of rotatable bonds is 8. The highest BCUT2D eigenvalue weighted by Crippen LogP contribution is 2.28. The Balaban J connectivity index is 1.83. The fraction of sp³-hybridized carbons (Fsp3) is 0.136. The molecule has 3 N–H and O–H groups in total. The topological polar surface area (TPSA) is 129 Å². The number of H-pyrrole nitrogens is 1. The zero-order chi connectivity index (χ0) is 21.5. The maximum atomic E-state index is 12.9. The molecule has 0 aliphatic rings. The third kappa shape index (κ3) is 5.05. The molecule has 3 aromatic rings. The zero-order valence-electron chi connectivity index (χ0n) is 15.9. The van der Waals surface area contributed by atoms with E-state index >= 15 is 0 Å². The molecule has 0 aliphatic carbocycles. The van der Waals surface area contributed by atoms with Gasteiger partial charge in [-0.15, -0.1) is 0 Å². The Morgan fingerprint density at radius 1 is 0.967 bits per heavy atom. The molecule has 0 bridgehead atoms. The molecule has 1 heterocycles. The largest absolute Gasteiger partial charge is 0.480 e. The Kier molecular flexibility index (Phi) is 6.49. The second-order valence-corrected chi connectivity index (χ2v) is 6.55. The number of nitrogens with one attached hydrogen (secondary N) is 2. The van der Waals surface area contributed by atoms with Gasteiger partial charge >= 0.3 is 5.97 Å². The van der Waals surface area contributed by atoms with Crippen molar-refractivity contribution in [2.75, 3.05) is 6.54 Å². The van der Waals surface area contributed by atoms with Crippen LogP contribution in [-0.2, 0) is 4.79 Å². The van der Waals surface area contributed by atoms with Crippen LogP contribution >= 0.6 is 0 Å². The van der Waals surface area contributed by atoms with Crippen molar-refractivity contribution in [2.45, 2.75) is 12.3 Å². The number of aromatic amines is 1. The summed E-state index contributed by atoms with van der Waals surface area (Å²) in [4.78, 5) is 53.7. The molecule has 0 saturated heterocycles. The SMILES string of the molecule is O=C(O)CNC(=O)c1ncc(C(=O)CC(c2ccccc2)c2ccccc2)c(=O)[nH]1. The number of aliphatic carboxylic acids is 1. The molecule has 0 fully saturated rings. The number of ketones is 1. The van der Waals surface area contributed by atoms with Crippen molar-refractivity contribution in [1.82, 2.24) is 15.3 Å². The van der Waals surface area contributed by atoms with Crippen LogP contribution in [0.15, 0.2) is 71.7 Å². The van der Waals surface area contributed by atoms with Crippen LogP contribution in [0.25, 0.3) is 0 Å². The van der Waals surface area contributed by atoms with Gasteiger partial charge in [0.2, 0.25) is 0 Å². The van der Waals surface area contributed by atoms with Crippen molar-refractivity contribution in [2.24, 2.45) is 0 Å². The predicted molar refractivity (Wildman–Crippen MR) is 109 cm³/mol. The maximum Gasteiger partial charge on any atom is 0.322 e. The minimum atomic E-state index is -1.23. The first-order chi connectivity index (χ1) is 14.5. The summed E-state index contributed by atoms with van der Waals surface area (Å²) in [7, 11) is 0. The lowest BCUT2D eigenvalue weighted by Crippen LogP contribution is -2.33. The van der Waals surface area contributed by atoms with Crippen molar-refractivity contribution in [3.8, 4) is 0 Å². The number of amides is 1. The normalized spacial score (nSPS) is 10.6. The van der Waals surface area contributed by atoms with E-state index in [0.717, 1.165) is 17.3 Å². The van der Waals surface area contributed by atoms with E-state index in [-0.39, 0.29) is 23.7 Å². The summed E-state index contributed by atoms with van der Waals surface area (Å²) < 4.78 is 0. The number of carbonyl (C=O) groups is 3. The molecule has 152 valence electrons. The molecule has 0 saturated carbocycles. The summed E-state index contributed by atoms with van der Waals surface area (Å²) >= 11 is 0. The van der Waals surface area contributed by atoms with Crippen LogP contribution in [-0.4, -0.2) is 39.3 Å². The van der Waals surface area contributed by atoms with Crippen molar-refractivity contribution >= 4 is 17.7 Å². The highest BCUT2D eigenvalue weighted by molar-refractivity contribution is 5.97. The molecule has 3 rings (SSSR count). The van der Waals surface area contributed by atoms with E-state index in [9.17, 15) is 19.2 Å². The van der Waals surface area contributed by atoms with Gasteiger partial charge in [-0.3, -0.25) is 19.2 Å². The van der Waals surface area contributed by atoms with E-state index in [0.29, 0.717) is 0 Å². The number of benzene rings is 2. The van der Waals surface area contributed by atoms with Gasteiger partial charge in [-0.25, -0.2) is 4.98 Å². The molecule has 0 aliphatic heterocycles. The van der Waals surface area contributed by atoms with Gasteiger partial charge in [0.15, 0.2) is 11.6 Å². The summed E-state index contributed by atoms with van der Waals surface area (Å²) in [6.45, 7) is -0.612. The van der Waals surface area contributed by atoms with Crippen LogP contribution in [0.5, 0.6) is 0 Å². The van der Waals surface area contributed by atoms with Gasteiger partial charge in [-0.2, -0.15) is 0 Å². The van der Waals surface area contributed by atoms with Gasteiger partial charge in [-0.05, 0) is 11.1 Å². The lowest BCUT2D eigenvalue weighted by atomic mass is 9.86. The number of carboxylic acids is 1. The third-order valence-corrected chi connectivity index (χ3v) is 4.51. The Bertz CT molecular complexity index is 1070. The molecule has 1 aromatic heterocycles. The van der Waals surface area contributed by atoms with Crippen LogP contribution in [0, 0.1) is 0 Å². The van der Waals surface area contributed by atoms with Gasteiger partial charge in [0, 0.05) is 18.5 Å². The lowest BCUT2D eigenvalue weighted by molar-refractivity contribution is -0.135. The maximum absolute atomic E-state index is 12.9. The standard InChI is InChI=1S/C22H19N3O5/c26-18(17-12-23-20(25-21(17)29)22(30)24-13-19(27)28)11-16(14-7-3-1-4-8-14)15-9-5-2-6-10-15/h1-10,12,16H,11,13H2,(H,24,30)(H,27,28)(H,23,25,29). The average molecular weight is 405 g/mol. The second kappa shape index (κ2) is 9.42. The fourth-order valence-electron chi connectivity index (χ4n) is 3.04. The van der Waals surface area contributed by atoms with Gasteiger partial charge < -0.3 is 15.4 Å². The van der Waals surface area contributed by atoms with Gasteiger partial charge in [-0.1, -0.05) is 60.7 Å². The fourth-order valence-corrected chi connectivity index (χ4v) is 3.04. The van der Waals surface area contributed by atoms with Crippen LogP contribution in [0.4, 0.5) is 0 Å². The minimum Gasteiger partial charge on any atom is -0.480 e. The molecular weight excluding hydrogens is 386 g/mol. The van der Waals surface area contributed by atoms with Crippen LogP contribution in [0.3, 0.4) is 0 Å². The van der Waals surface area contributed by atoms with Crippen LogP contribution in [0.1, 0.15) is 44.4 Å².